The summed E-state index contributed by atoms with van der Waals surface area (Å²) >= 11 is 0. The fourth-order valence-electron chi connectivity index (χ4n) is 0.531. The van der Waals surface area contributed by atoms with Gasteiger partial charge in [0.1, 0.15) is 19.3 Å². The first-order valence-electron chi connectivity index (χ1n) is 3.97. The lowest BCUT2D eigenvalue weighted by Crippen LogP contribution is -2.47. The van der Waals surface area contributed by atoms with Crippen LogP contribution in [-0.2, 0) is 4.74 Å². The molecule has 0 spiro atoms. The highest BCUT2D eigenvalue weighted by Gasteiger charge is 2.31. The molecule has 1 unspecified atom stereocenters. The summed E-state index contributed by atoms with van der Waals surface area (Å²) in [6, 6.07) is 0. The van der Waals surface area contributed by atoms with Gasteiger partial charge in [0, 0.05) is 0 Å². The predicted octanol–water partition coefficient (Wildman–Crippen LogP) is -3.26. The SMILES string of the molecule is CC(O)C(O)(O)COCC(O)(O)CO. The third kappa shape index (κ3) is 4.82. The van der Waals surface area contributed by atoms with Crippen LogP contribution in [-0.4, -0.2) is 68.1 Å². The van der Waals surface area contributed by atoms with E-state index in [-0.39, 0.29) is 0 Å². The Labute approximate surface area is 80.8 Å². The van der Waals surface area contributed by atoms with Gasteiger partial charge in [-0.2, -0.15) is 0 Å². The first-order valence-corrected chi connectivity index (χ1v) is 3.97. The summed E-state index contributed by atoms with van der Waals surface area (Å²) < 4.78 is 4.50. The van der Waals surface area contributed by atoms with Crippen molar-refractivity contribution in [1.29, 1.82) is 0 Å². The molecule has 0 amide bonds. The number of hydrogen-bond acceptors (Lipinski definition) is 7. The summed E-state index contributed by atoms with van der Waals surface area (Å²) in [6.45, 7) is -1.20. The summed E-state index contributed by atoms with van der Waals surface area (Å²) in [7, 11) is 0. The molecule has 86 valence electrons. The van der Waals surface area contributed by atoms with Crippen molar-refractivity contribution < 1.29 is 35.4 Å². The van der Waals surface area contributed by atoms with Gasteiger partial charge in [0.15, 0.2) is 0 Å². The highest BCUT2D eigenvalue weighted by Crippen LogP contribution is 2.08. The molecule has 0 rings (SSSR count). The standard InChI is InChI=1S/C7H16O7/c1-5(9)7(12,13)4-14-3-6(10,11)2-8/h5,8-13H,2-4H2,1H3. The number of aliphatic hydroxyl groups is 6. The molecule has 6 N–H and O–H groups in total. The highest BCUT2D eigenvalue weighted by atomic mass is 16.6. The lowest BCUT2D eigenvalue weighted by atomic mass is 10.2. The van der Waals surface area contributed by atoms with E-state index in [0.717, 1.165) is 6.92 Å². The van der Waals surface area contributed by atoms with E-state index in [4.69, 9.17) is 30.6 Å². The van der Waals surface area contributed by atoms with E-state index in [9.17, 15) is 0 Å². The molecule has 0 heterocycles. The molecule has 14 heavy (non-hydrogen) atoms. The molecule has 7 nitrogen and oxygen atoms in total. The molecular weight excluding hydrogens is 196 g/mol. The van der Waals surface area contributed by atoms with E-state index in [1.165, 1.54) is 0 Å². The molecule has 0 aliphatic rings. The Kier molecular flexibility index (Phi) is 4.89. The van der Waals surface area contributed by atoms with Gasteiger partial charge in [-0.1, -0.05) is 0 Å². The fraction of sp³-hybridized carbons (Fsp3) is 1.00. The first-order chi connectivity index (χ1) is 6.21. The maximum absolute atomic E-state index is 9.02. The molecule has 0 saturated carbocycles. The second kappa shape index (κ2) is 4.99. The Hall–Kier alpha value is -0.280. The summed E-state index contributed by atoms with van der Waals surface area (Å²) in [5.41, 5.74) is 0. The molecule has 7 heteroatoms. The normalized spacial score (nSPS) is 15.6. The van der Waals surface area contributed by atoms with Gasteiger partial charge in [0.05, 0.1) is 6.61 Å². The zero-order chi connectivity index (χ0) is 11.4. The minimum atomic E-state index is -2.45. The average Bonchev–Trinajstić information content (AvgIpc) is 2.03. The molecule has 0 saturated heterocycles. The van der Waals surface area contributed by atoms with Gasteiger partial charge in [0.2, 0.25) is 11.6 Å². The molecule has 0 aliphatic heterocycles. The summed E-state index contributed by atoms with van der Waals surface area (Å²) in [5.74, 6) is -4.87. The van der Waals surface area contributed by atoms with Gasteiger partial charge in [-0.25, -0.2) is 0 Å². The lowest BCUT2D eigenvalue weighted by molar-refractivity contribution is -0.271. The molecule has 1 atom stereocenters. The van der Waals surface area contributed by atoms with Crippen molar-refractivity contribution in [2.45, 2.75) is 24.6 Å². The van der Waals surface area contributed by atoms with Gasteiger partial charge in [0.25, 0.3) is 0 Å². The second-order valence-electron chi connectivity index (χ2n) is 3.19. The molecule has 0 bridgehead atoms. The topological polar surface area (TPSA) is 131 Å². The highest BCUT2D eigenvalue weighted by molar-refractivity contribution is 4.71. The molecule has 0 radical (unpaired) electrons. The van der Waals surface area contributed by atoms with Gasteiger partial charge in [-0.3, -0.25) is 0 Å². The molecular formula is C7H16O7. The minimum absolute atomic E-state index is 0.695. The largest absolute Gasteiger partial charge is 0.391 e. The number of hydrogen-bond donors (Lipinski definition) is 6. The van der Waals surface area contributed by atoms with Crippen LogP contribution >= 0.6 is 0 Å². The Morgan fingerprint density at radius 1 is 1.14 bits per heavy atom. The summed E-state index contributed by atoms with van der Waals surface area (Å²) in [6.07, 6.45) is -1.44. The van der Waals surface area contributed by atoms with Crippen molar-refractivity contribution in [1.82, 2.24) is 0 Å². The second-order valence-corrected chi connectivity index (χ2v) is 3.19. The summed E-state index contributed by atoms with van der Waals surface area (Å²) in [4.78, 5) is 0. The van der Waals surface area contributed by atoms with Gasteiger partial charge < -0.3 is 35.4 Å². The third-order valence-electron chi connectivity index (χ3n) is 1.57. The van der Waals surface area contributed by atoms with Crippen LogP contribution in [0.5, 0.6) is 0 Å². The molecule has 0 aromatic rings. The van der Waals surface area contributed by atoms with E-state index in [1.54, 1.807) is 0 Å². The van der Waals surface area contributed by atoms with Gasteiger partial charge in [-0.05, 0) is 6.92 Å². The van der Waals surface area contributed by atoms with Crippen molar-refractivity contribution in [2.24, 2.45) is 0 Å². The zero-order valence-corrected chi connectivity index (χ0v) is 7.79. The van der Waals surface area contributed by atoms with Crippen LogP contribution in [0.25, 0.3) is 0 Å². The van der Waals surface area contributed by atoms with Crippen molar-refractivity contribution in [2.75, 3.05) is 19.8 Å². The van der Waals surface area contributed by atoms with Gasteiger partial charge in [-0.15, -0.1) is 0 Å². The van der Waals surface area contributed by atoms with Crippen LogP contribution < -0.4 is 0 Å². The fourth-order valence-corrected chi connectivity index (χ4v) is 0.531. The van der Waals surface area contributed by atoms with Gasteiger partial charge >= 0.3 is 0 Å². The third-order valence-corrected chi connectivity index (χ3v) is 1.57. The number of rotatable bonds is 6. The van der Waals surface area contributed by atoms with Crippen LogP contribution in [0, 0.1) is 0 Å². The molecule has 0 fully saturated rings. The lowest BCUT2D eigenvalue weighted by Gasteiger charge is -2.26. The number of aliphatic hydroxyl groups excluding tert-OH is 2. The van der Waals surface area contributed by atoms with Crippen LogP contribution in [0.15, 0.2) is 0 Å². The zero-order valence-electron chi connectivity index (χ0n) is 7.79. The maximum Gasteiger partial charge on any atom is 0.213 e. The quantitative estimate of drug-likeness (QED) is 0.255. The molecule has 0 aromatic heterocycles. The summed E-state index contributed by atoms with van der Waals surface area (Å²) in [5, 5.41) is 52.8. The molecule has 0 aromatic carbocycles. The number of ether oxygens (including phenoxy) is 1. The van der Waals surface area contributed by atoms with Crippen molar-refractivity contribution in [3.8, 4) is 0 Å². The predicted molar refractivity (Wildman–Crippen MR) is 43.9 cm³/mol. The van der Waals surface area contributed by atoms with E-state index in [0.29, 0.717) is 0 Å². The van der Waals surface area contributed by atoms with Crippen LogP contribution in [0.4, 0.5) is 0 Å². The van der Waals surface area contributed by atoms with E-state index >= 15 is 0 Å². The Morgan fingerprint density at radius 3 is 2.00 bits per heavy atom. The smallest absolute Gasteiger partial charge is 0.213 e. The maximum atomic E-state index is 9.02. The van der Waals surface area contributed by atoms with Crippen LogP contribution in [0.2, 0.25) is 0 Å². The van der Waals surface area contributed by atoms with Crippen molar-refractivity contribution >= 4 is 0 Å². The monoisotopic (exact) mass is 212 g/mol. The Morgan fingerprint density at radius 2 is 1.64 bits per heavy atom. The minimum Gasteiger partial charge on any atom is -0.391 e. The van der Waals surface area contributed by atoms with E-state index in [2.05, 4.69) is 4.74 Å². The Bertz CT molecular complexity index is 165. The van der Waals surface area contributed by atoms with Crippen molar-refractivity contribution in [3.63, 3.8) is 0 Å². The average molecular weight is 212 g/mol. The van der Waals surface area contributed by atoms with Crippen LogP contribution in [0.3, 0.4) is 0 Å². The van der Waals surface area contributed by atoms with Crippen LogP contribution in [0.1, 0.15) is 6.92 Å². The molecule has 0 aliphatic carbocycles. The first kappa shape index (κ1) is 13.7. The van der Waals surface area contributed by atoms with E-state index < -0.39 is 37.5 Å². The van der Waals surface area contributed by atoms with Crippen molar-refractivity contribution in [3.05, 3.63) is 0 Å². The van der Waals surface area contributed by atoms with E-state index in [1.807, 2.05) is 0 Å². The Balaban J connectivity index is 3.85.